The number of ether oxygens (including phenoxy) is 1. The van der Waals surface area contributed by atoms with Crippen molar-refractivity contribution < 1.29 is 4.74 Å². The molecular formula is C17H18Cl2N4OS. The van der Waals surface area contributed by atoms with Crippen molar-refractivity contribution in [1.29, 1.82) is 0 Å². The smallest absolute Gasteiger partial charge is 0.214 e. The van der Waals surface area contributed by atoms with E-state index in [0.29, 0.717) is 26.9 Å². The normalized spacial score (nSPS) is 14.4. The van der Waals surface area contributed by atoms with Crippen LogP contribution in [0.15, 0.2) is 36.4 Å². The minimum Gasteiger partial charge on any atom is -0.481 e. The number of halogens is 2. The highest BCUT2D eigenvalue weighted by Gasteiger charge is 2.21. The van der Waals surface area contributed by atoms with Crippen molar-refractivity contribution in [2.75, 3.05) is 43.5 Å². The van der Waals surface area contributed by atoms with Gasteiger partial charge in [-0.1, -0.05) is 35.3 Å². The van der Waals surface area contributed by atoms with Gasteiger partial charge in [0.2, 0.25) is 5.88 Å². The third-order valence-corrected chi connectivity index (χ3v) is 5.18. The van der Waals surface area contributed by atoms with Crippen LogP contribution in [0.2, 0.25) is 10.0 Å². The first-order valence-corrected chi connectivity index (χ1v) is 9.01. The molecule has 1 aromatic carbocycles. The number of anilines is 2. The number of rotatable bonds is 3. The average Bonchev–Trinajstić information content (AvgIpc) is 2.64. The molecule has 2 aromatic rings. The van der Waals surface area contributed by atoms with Crippen LogP contribution in [0.3, 0.4) is 0 Å². The molecule has 0 spiro atoms. The Bertz CT molecular complexity index is 766. The highest BCUT2D eigenvalue weighted by Crippen LogP contribution is 2.32. The van der Waals surface area contributed by atoms with Crippen molar-refractivity contribution in [3.63, 3.8) is 0 Å². The van der Waals surface area contributed by atoms with Gasteiger partial charge in [-0.3, -0.25) is 0 Å². The van der Waals surface area contributed by atoms with Gasteiger partial charge in [-0.05, 0) is 30.4 Å². The Morgan fingerprint density at radius 2 is 1.84 bits per heavy atom. The molecule has 0 radical (unpaired) electrons. The molecule has 5 nitrogen and oxygen atoms in total. The van der Waals surface area contributed by atoms with Crippen LogP contribution in [0.4, 0.5) is 11.5 Å². The van der Waals surface area contributed by atoms with E-state index in [4.69, 9.17) is 40.2 Å². The summed E-state index contributed by atoms with van der Waals surface area (Å²) in [6.07, 6.45) is 0. The van der Waals surface area contributed by atoms with Crippen LogP contribution in [0.25, 0.3) is 0 Å². The van der Waals surface area contributed by atoms with E-state index in [1.807, 2.05) is 24.3 Å². The molecule has 0 saturated carbocycles. The predicted molar refractivity (Wildman–Crippen MR) is 107 cm³/mol. The largest absolute Gasteiger partial charge is 0.481 e. The molecule has 8 heteroatoms. The number of nitrogens with one attached hydrogen (secondary N) is 1. The molecule has 1 aliphatic rings. The summed E-state index contributed by atoms with van der Waals surface area (Å²) in [5.74, 6) is 1.22. The molecule has 0 unspecified atom stereocenters. The van der Waals surface area contributed by atoms with Gasteiger partial charge >= 0.3 is 0 Å². The number of nitrogens with zero attached hydrogens (tertiary/aromatic N) is 3. The lowest BCUT2D eigenvalue weighted by atomic mass is 10.2. The molecule has 1 N–H and O–H groups in total. The first kappa shape index (κ1) is 18.0. The van der Waals surface area contributed by atoms with Crippen LogP contribution < -0.4 is 15.0 Å². The second-order valence-corrected chi connectivity index (χ2v) is 6.71. The molecule has 25 heavy (non-hydrogen) atoms. The quantitative estimate of drug-likeness (QED) is 0.792. The highest BCUT2D eigenvalue weighted by molar-refractivity contribution is 7.80. The maximum Gasteiger partial charge on any atom is 0.214 e. The molecule has 2 heterocycles. The molecule has 132 valence electrons. The topological polar surface area (TPSA) is 40.6 Å². The Morgan fingerprint density at radius 3 is 2.56 bits per heavy atom. The molecule has 0 aliphatic carbocycles. The number of hydrogen-bond acceptors (Lipinski definition) is 4. The molecule has 1 saturated heterocycles. The van der Waals surface area contributed by atoms with Crippen LogP contribution in [-0.2, 0) is 0 Å². The molecule has 1 aromatic heterocycles. The van der Waals surface area contributed by atoms with E-state index in [9.17, 15) is 0 Å². The zero-order valence-electron chi connectivity index (χ0n) is 13.7. The standard InChI is InChI=1S/C17H18Cl2N4OS/c1-24-15-7-3-6-14(20-15)21-17(25)23-10-8-22(9-11-23)13-5-2-4-12(18)16(13)19/h2-7H,8-11H2,1H3,(H,20,21,25). The summed E-state index contributed by atoms with van der Waals surface area (Å²) in [5.41, 5.74) is 0.960. The van der Waals surface area contributed by atoms with Gasteiger partial charge in [0.25, 0.3) is 0 Å². The van der Waals surface area contributed by atoms with Crippen LogP contribution in [-0.4, -0.2) is 48.3 Å². The molecule has 1 aliphatic heterocycles. The first-order chi connectivity index (χ1) is 12.1. The molecule has 0 atom stereocenters. The molecular weight excluding hydrogens is 379 g/mol. The van der Waals surface area contributed by atoms with Crippen molar-refractivity contribution in [3.05, 3.63) is 46.4 Å². The number of hydrogen-bond donors (Lipinski definition) is 1. The van der Waals surface area contributed by atoms with Crippen LogP contribution >= 0.6 is 35.4 Å². The van der Waals surface area contributed by atoms with Gasteiger partial charge in [-0.2, -0.15) is 4.98 Å². The summed E-state index contributed by atoms with van der Waals surface area (Å²) < 4.78 is 5.13. The van der Waals surface area contributed by atoms with E-state index >= 15 is 0 Å². The molecule has 0 bridgehead atoms. The monoisotopic (exact) mass is 396 g/mol. The maximum atomic E-state index is 6.32. The van der Waals surface area contributed by atoms with E-state index in [0.717, 1.165) is 31.9 Å². The van der Waals surface area contributed by atoms with Crippen LogP contribution in [0, 0.1) is 0 Å². The Morgan fingerprint density at radius 1 is 1.12 bits per heavy atom. The number of pyridine rings is 1. The van der Waals surface area contributed by atoms with E-state index in [2.05, 4.69) is 20.1 Å². The Labute approximate surface area is 162 Å². The Balaban J connectivity index is 1.60. The Hall–Kier alpha value is -1.76. The summed E-state index contributed by atoms with van der Waals surface area (Å²) >= 11 is 17.9. The molecule has 3 rings (SSSR count). The van der Waals surface area contributed by atoms with Crippen molar-refractivity contribution in [1.82, 2.24) is 9.88 Å². The maximum absolute atomic E-state index is 6.32. The predicted octanol–water partition coefficient (Wildman–Crippen LogP) is 3.92. The number of benzene rings is 1. The van der Waals surface area contributed by atoms with E-state index in [1.165, 1.54) is 0 Å². The second-order valence-electron chi connectivity index (χ2n) is 5.54. The second kappa shape index (κ2) is 8.08. The fourth-order valence-electron chi connectivity index (χ4n) is 2.67. The first-order valence-electron chi connectivity index (χ1n) is 7.84. The number of aromatic nitrogens is 1. The summed E-state index contributed by atoms with van der Waals surface area (Å²) in [5, 5.41) is 4.98. The van der Waals surface area contributed by atoms with Gasteiger partial charge in [0.05, 0.1) is 22.8 Å². The fraction of sp³-hybridized carbons (Fsp3) is 0.294. The lowest BCUT2D eigenvalue weighted by molar-refractivity contribution is 0.390. The van der Waals surface area contributed by atoms with Crippen molar-refractivity contribution >= 4 is 52.0 Å². The SMILES string of the molecule is COc1cccc(NC(=S)N2CCN(c3cccc(Cl)c3Cl)CC2)n1. The lowest BCUT2D eigenvalue weighted by Gasteiger charge is -2.37. The lowest BCUT2D eigenvalue weighted by Crippen LogP contribution is -2.50. The average molecular weight is 397 g/mol. The summed E-state index contributed by atoms with van der Waals surface area (Å²) in [4.78, 5) is 8.66. The van der Waals surface area contributed by atoms with E-state index in [-0.39, 0.29) is 0 Å². The zero-order chi connectivity index (χ0) is 17.8. The van der Waals surface area contributed by atoms with Crippen molar-refractivity contribution in [3.8, 4) is 5.88 Å². The third-order valence-electron chi connectivity index (χ3n) is 4.01. The third kappa shape index (κ3) is 4.26. The van der Waals surface area contributed by atoms with Gasteiger partial charge in [0, 0.05) is 32.2 Å². The van der Waals surface area contributed by atoms with Crippen molar-refractivity contribution in [2.45, 2.75) is 0 Å². The Kier molecular flexibility index (Phi) is 5.83. The minimum absolute atomic E-state index is 0.549. The summed E-state index contributed by atoms with van der Waals surface area (Å²) in [6, 6.07) is 11.2. The number of piperazine rings is 1. The summed E-state index contributed by atoms with van der Waals surface area (Å²) in [7, 11) is 1.59. The van der Waals surface area contributed by atoms with Crippen LogP contribution in [0.1, 0.15) is 0 Å². The van der Waals surface area contributed by atoms with Gasteiger partial charge in [-0.15, -0.1) is 0 Å². The summed E-state index contributed by atoms with van der Waals surface area (Å²) in [6.45, 7) is 3.21. The van der Waals surface area contributed by atoms with Gasteiger partial charge in [0.15, 0.2) is 5.11 Å². The minimum atomic E-state index is 0.549. The van der Waals surface area contributed by atoms with Crippen LogP contribution in [0.5, 0.6) is 5.88 Å². The van der Waals surface area contributed by atoms with E-state index < -0.39 is 0 Å². The van der Waals surface area contributed by atoms with Gasteiger partial charge < -0.3 is 19.9 Å². The number of methoxy groups -OCH3 is 1. The highest BCUT2D eigenvalue weighted by atomic mass is 35.5. The van der Waals surface area contributed by atoms with E-state index in [1.54, 1.807) is 19.2 Å². The van der Waals surface area contributed by atoms with Gasteiger partial charge in [-0.25, -0.2) is 0 Å². The van der Waals surface area contributed by atoms with Crippen molar-refractivity contribution in [2.24, 2.45) is 0 Å². The molecule has 1 fully saturated rings. The van der Waals surface area contributed by atoms with Gasteiger partial charge in [0.1, 0.15) is 5.82 Å². The fourth-order valence-corrected chi connectivity index (χ4v) is 3.38. The number of thiocarbonyl (C=S) groups is 1. The zero-order valence-corrected chi connectivity index (χ0v) is 16.0. The molecule has 0 amide bonds.